The smallest absolute Gasteiger partial charge is 0.282 e. The summed E-state index contributed by atoms with van der Waals surface area (Å²) < 4.78 is 10.7. The van der Waals surface area contributed by atoms with E-state index in [0.717, 1.165) is 11.1 Å². The highest BCUT2D eigenvalue weighted by Crippen LogP contribution is 2.38. The van der Waals surface area contributed by atoms with E-state index in [1.807, 2.05) is 73.3 Å². The number of hydrogen-bond donors (Lipinski definition) is 0. The zero-order valence-corrected chi connectivity index (χ0v) is 19.9. The number of rotatable bonds is 8. The summed E-state index contributed by atoms with van der Waals surface area (Å²) in [7, 11) is 3.07. The average molecular weight is 457 g/mol. The van der Waals surface area contributed by atoms with Gasteiger partial charge in [0.15, 0.2) is 11.5 Å². The van der Waals surface area contributed by atoms with E-state index in [0.29, 0.717) is 47.1 Å². The molecule has 0 fully saturated rings. The first-order chi connectivity index (χ1) is 16.5. The molecular weight excluding hydrogens is 428 g/mol. The molecule has 0 unspecified atom stereocenters. The maximum absolute atomic E-state index is 13.8. The highest BCUT2D eigenvalue weighted by atomic mass is 16.5. The summed E-state index contributed by atoms with van der Waals surface area (Å²) >= 11 is 0. The highest BCUT2D eigenvalue weighted by molar-refractivity contribution is 6.45. The van der Waals surface area contributed by atoms with E-state index in [1.54, 1.807) is 25.3 Å². The highest BCUT2D eigenvalue weighted by Gasteiger charge is 2.42. The molecule has 1 aliphatic heterocycles. The molecule has 6 heteroatoms. The third kappa shape index (κ3) is 4.27. The van der Waals surface area contributed by atoms with Gasteiger partial charge in [-0.2, -0.15) is 0 Å². The molecule has 6 nitrogen and oxygen atoms in total. The number of hydrogen-bond acceptors (Lipinski definition) is 5. The van der Waals surface area contributed by atoms with Gasteiger partial charge < -0.3 is 14.4 Å². The molecule has 174 valence electrons. The van der Waals surface area contributed by atoms with Gasteiger partial charge in [-0.3, -0.25) is 9.59 Å². The minimum absolute atomic E-state index is 0.356. The maximum Gasteiger partial charge on any atom is 0.282 e. The molecule has 3 aromatic rings. The molecular formula is C28H28N2O4. The van der Waals surface area contributed by atoms with Crippen LogP contribution in [0.25, 0.3) is 5.57 Å². The van der Waals surface area contributed by atoms with Gasteiger partial charge in [0.05, 0.1) is 25.5 Å². The van der Waals surface area contributed by atoms with Crippen LogP contribution in [0.1, 0.15) is 23.6 Å². The monoisotopic (exact) mass is 456 g/mol. The predicted octanol–water partition coefficient (Wildman–Crippen LogP) is 4.82. The zero-order chi connectivity index (χ0) is 24.2. The first-order valence-electron chi connectivity index (χ1n) is 11.2. The Morgan fingerprint density at radius 2 is 1.50 bits per heavy atom. The zero-order valence-electron chi connectivity index (χ0n) is 19.9. The van der Waals surface area contributed by atoms with Crippen LogP contribution >= 0.6 is 0 Å². The number of ether oxygens (including phenoxy) is 2. The van der Waals surface area contributed by atoms with Crippen LogP contribution in [0.3, 0.4) is 0 Å². The third-order valence-electron chi connectivity index (χ3n) is 5.94. The Bertz CT molecular complexity index is 1230. The molecule has 0 aromatic heterocycles. The number of aryl methyl sites for hydroxylation is 1. The van der Waals surface area contributed by atoms with Gasteiger partial charge in [-0.25, -0.2) is 4.90 Å². The van der Waals surface area contributed by atoms with Crippen LogP contribution in [-0.4, -0.2) is 37.5 Å². The van der Waals surface area contributed by atoms with Gasteiger partial charge in [-0.1, -0.05) is 60.2 Å². The number of nitrogens with zero attached hydrogens (tertiary/aromatic N) is 2. The van der Waals surface area contributed by atoms with Crippen LogP contribution < -0.4 is 14.4 Å². The lowest BCUT2D eigenvalue weighted by atomic mass is 10.0. The molecule has 3 aromatic carbocycles. The minimum Gasteiger partial charge on any atom is -0.493 e. The quantitative estimate of drug-likeness (QED) is 0.455. The van der Waals surface area contributed by atoms with Crippen LogP contribution in [0.15, 0.2) is 78.5 Å². The molecule has 0 saturated heterocycles. The summed E-state index contributed by atoms with van der Waals surface area (Å²) in [5.74, 6) is 0.257. The fourth-order valence-corrected chi connectivity index (χ4v) is 4.14. The van der Waals surface area contributed by atoms with Gasteiger partial charge in [-0.15, -0.1) is 0 Å². The average Bonchev–Trinajstić information content (AvgIpc) is 3.12. The van der Waals surface area contributed by atoms with Crippen molar-refractivity contribution in [2.45, 2.75) is 20.4 Å². The Balaban J connectivity index is 1.83. The summed E-state index contributed by atoms with van der Waals surface area (Å²) in [6, 6.07) is 22.6. The summed E-state index contributed by atoms with van der Waals surface area (Å²) in [5.41, 5.74) is 4.09. The molecule has 1 aliphatic rings. The van der Waals surface area contributed by atoms with Crippen molar-refractivity contribution < 1.29 is 19.1 Å². The van der Waals surface area contributed by atoms with E-state index in [2.05, 4.69) is 0 Å². The molecule has 4 rings (SSSR count). The van der Waals surface area contributed by atoms with E-state index < -0.39 is 0 Å². The second-order valence-corrected chi connectivity index (χ2v) is 8.07. The minimum atomic E-state index is -0.359. The van der Waals surface area contributed by atoms with Crippen molar-refractivity contribution in [1.82, 2.24) is 4.90 Å². The fourth-order valence-electron chi connectivity index (χ4n) is 4.14. The number of imide groups is 1. The van der Waals surface area contributed by atoms with Crippen molar-refractivity contribution in [3.8, 4) is 11.5 Å². The molecule has 34 heavy (non-hydrogen) atoms. The Morgan fingerprint density at radius 1 is 0.824 bits per heavy atom. The van der Waals surface area contributed by atoms with Crippen molar-refractivity contribution in [3.63, 3.8) is 0 Å². The van der Waals surface area contributed by atoms with Crippen molar-refractivity contribution in [2.75, 3.05) is 25.7 Å². The van der Waals surface area contributed by atoms with E-state index in [9.17, 15) is 9.59 Å². The second kappa shape index (κ2) is 9.83. The standard InChI is InChI=1S/C28H28N2O4/c1-5-29(18-20-9-7-6-8-10-20)26-25(21-13-11-19(2)12-14-21)27(31)30(28(26)32)22-15-16-23(33-3)24(17-22)34-4/h6-17H,5,18H2,1-4H3. The molecule has 0 radical (unpaired) electrons. The SMILES string of the molecule is CCN(Cc1ccccc1)C1=C(c2ccc(C)cc2)C(=O)N(c2ccc(OC)c(OC)c2)C1=O. The van der Waals surface area contributed by atoms with Crippen LogP contribution in [0.4, 0.5) is 5.69 Å². The summed E-state index contributed by atoms with van der Waals surface area (Å²) in [6.45, 7) is 5.06. The van der Waals surface area contributed by atoms with Crippen LogP contribution in [0, 0.1) is 6.92 Å². The maximum atomic E-state index is 13.8. The van der Waals surface area contributed by atoms with Crippen molar-refractivity contribution in [1.29, 1.82) is 0 Å². The number of anilines is 1. The molecule has 0 N–H and O–H groups in total. The molecule has 0 saturated carbocycles. The molecule has 0 spiro atoms. The number of amides is 2. The largest absolute Gasteiger partial charge is 0.493 e. The first kappa shape index (κ1) is 23.1. The van der Waals surface area contributed by atoms with E-state index in [1.165, 1.54) is 12.0 Å². The lowest BCUT2D eigenvalue weighted by Crippen LogP contribution is -2.35. The van der Waals surface area contributed by atoms with Crippen LogP contribution in [-0.2, 0) is 16.1 Å². The van der Waals surface area contributed by atoms with Gasteiger partial charge >= 0.3 is 0 Å². The Morgan fingerprint density at radius 3 is 2.12 bits per heavy atom. The number of carbonyl (C=O) groups excluding carboxylic acids is 2. The normalized spacial score (nSPS) is 13.5. The summed E-state index contributed by atoms with van der Waals surface area (Å²) in [6.07, 6.45) is 0. The number of likely N-dealkylation sites (N-methyl/N-ethyl adjacent to an activating group) is 1. The number of benzene rings is 3. The van der Waals surface area contributed by atoms with E-state index in [-0.39, 0.29) is 11.8 Å². The molecule has 1 heterocycles. The lowest BCUT2D eigenvalue weighted by molar-refractivity contribution is -0.120. The molecule has 0 atom stereocenters. The second-order valence-electron chi connectivity index (χ2n) is 8.07. The number of carbonyl (C=O) groups is 2. The van der Waals surface area contributed by atoms with Crippen LogP contribution in [0.5, 0.6) is 11.5 Å². The summed E-state index contributed by atoms with van der Waals surface area (Å²) in [5, 5.41) is 0. The first-order valence-corrected chi connectivity index (χ1v) is 11.2. The fraction of sp³-hybridized carbons (Fsp3) is 0.214. The van der Waals surface area contributed by atoms with E-state index >= 15 is 0 Å². The Labute approximate surface area is 200 Å². The number of methoxy groups -OCH3 is 2. The van der Waals surface area contributed by atoms with Crippen molar-refractivity contribution >= 4 is 23.1 Å². The van der Waals surface area contributed by atoms with Gasteiger partial charge in [0.25, 0.3) is 11.8 Å². The lowest BCUT2D eigenvalue weighted by Gasteiger charge is -2.25. The summed E-state index contributed by atoms with van der Waals surface area (Å²) in [4.78, 5) is 30.8. The predicted molar refractivity (Wildman–Crippen MR) is 133 cm³/mol. The van der Waals surface area contributed by atoms with Gasteiger partial charge in [0, 0.05) is 19.2 Å². The topological polar surface area (TPSA) is 59.1 Å². The Hall–Kier alpha value is -4.06. The third-order valence-corrected chi connectivity index (χ3v) is 5.94. The molecule has 2 amide bonds. The van der Waals surface area contributed by atoms with Gasteiger partial charge in [-0.05, 0) is 37.1 Å². The molecule has 0 bridgehead atoms. The van der Waals surface area contributed by atoms with Crippen LogP contribution in [0.2, 0.25) is 0 Å². The van der Waals surface area contributed by atoms with Gasteiger partial charge in [0.1, 0.15) is 5.70 Å². The van der Waals surface area contributed by atoms with Gasteiger partial charge in [0.2, 0.25) is 0 Å². The van der Waals surface area contributed by atoms with E-state index in [4.69, 9.17) is 9.47 Å². The molecule has 0 aliphatic carbocycles. The van der Waals surface area contributed by atoms with Crippen molar-refractivity contribution in [2.24, 2.45) is 0 Å². The van der Waals surface area contributed by atoms with Crippen molar-refractivity contribution in [3.05, 3.63) is 95.2 Å². The Kier molecular flexibility index (Phi) is 6.68.